The molecule has 26 heavy (non-hydrogen) atoms. The fourth-order valence-corrected chi connectivity index (χ4v) is 2.12. The van der Waals surface area contributed by atoms with Crippen molar-refractivity contribution in [3.8, 4) is 0 Å². The number of aliphatic hydroxyl groups excluding tert-OH is 2. The summed E-state index contributed by atoms with van der Waals surface area (Å²) in [4.78, 5) is 10.4. The summed E-state index contributed by atoms with van der Waals surface area (Å²) in [5.74, 6) is -0.718. The van der Waals surface area contributed by atoms with Crippen LogP contribution in [0.3, 0.4) is 0 Å². The summed E-state index contributed by atoms with van der Waals surface area (Å²) in [5.41, 5.74) is 0. The van der Waals surface area contributed by atoms with Crippen LogP contribution >= 0.6 is 0 Å². The van der Waals surface area contributed by atoms with Crippen molar-refractivity contribution >= 4 is 5.97 Å². The van der Waals surface area contributed by atoms with Crippen molar-refractivity contribution in [1.29, 1.82) is 0 Å². The molecule has 0 aromatic rings. The predicted molar refractivity (Wildman–Crippen MR) is 108 cm³/mol. The smallest absolute Gasteiger partial charge is 0.303 e. The van der Waals surface area contributed by atoms with Crippen molar-refractivity contribution in [3.05, 3.63) is 60.8 Å². The van der Waals surface area contributed by atoms with Gasteiger partial charge < -0.3 is 15.3 Å². The molecule has 0 amide bonds. The standard InChI is InChI=1S/C22H34O4/c1-20(23)16-12-10-11-14-18-21(24)17-13-8-6-4-2-3-5-7-9-15-19-22(25)26/h2-3,6,8,11-14,16-17,20-21,23-24H,4-5,7,9-10,15,18-19H2,1H3,(H,25,26)/b3-2-,8-6-,14-11-,16-12-,17-13+/t20?,21-/m1/s1. The Balaban J connectivity index is 3.65. The molecule has 0 aromatic carbocycles. The Labute approximate surface area is 157 Å². The second-order valence-electron chi connectivity index (χ2n) is 6.19. The van der Waals surface area contributed by atoms with Crippen molar-refractivity contribution in [2.24, 2.45) is 0 Å². The van der Waals surface area contributed by atoms with Crippen molar-refractivity contribution in [2.45, 2.75) is 70.5 Å². The summed E-state index contributed by atoms with van der Waals surface area (Å²) in [6.07, 6.45) is 24.6. The third-order valence-electron chi connectivity index (χ3n) is 3.51. The molecule has 0 saturated heterocycles. The number of carbonyl (C=O) groups is 1. The SMILES string of the molecule is CC(O)/C=C\C/C=C\C[C@H](O)/C=C/C=C\C/C=C\CCCCCC(=O)O. The van der Waals surface area contributed by atoms with Crippen LogP contribution in [0.4, 0.5) is 0 Å². The molecule has 4 heteroatoms. The number of aliphatic hydroxyl groups is 2. The highest BCUT2D eigenvalue weighted by Gasteiger charge is 1.95. The van der Waals surface area contributed by atoms with Crippen molar-refractivity contribution in [2.75, 3.05) is 0 Å². The Morgan fingerprint density at radius 3 is 2.31 bits per heavy atom. The highest BCUT2D eigenvalue weighted by atomic mass is 16.4. The average Bonchev–Trinajstić information content (AvgIpc) is 2.58. The zero-order chi connectivity index (χ0) is 19.5. The number of aliphatic carboxylic acids is 1. The second-order valence-corrected chi connectivity index (χ2v) is 6.19. The number of carboxylic acid groups (broad SMARTS) is 1. The molecule has 0 radical (unpaired) electrons. The number of carboxylic acids is 1. The molecule has 0 aliphatic rings. The summed E-state index contributed by atoms with van der Waals surface area (Å²) < 4.78 is 0. The van der Waals surface area contributed by atoms with Gasteiger partial charge in [0.2, 0.25) is 0 Å². The molecule has 0 saturated carbocycles. The van der Waals surface area contributed by atoms with Crippen molar-refractivity contribution < 1.29 is 20.1 Å². The fourth-order valence-electron chi connectivity index (χ4n) is 2.12. The number of hydrogen-bond acceptors (Lipinski definition) is 3. The molecule has 1 unspecified atom stereocenters. The molecule has 3 N–H and O–H groups in total. The van der Waals surface area contributed by atoms with Crippen LogP contribution in [-0.4, -0.2) is 33.5 Å². The summed E-state index contributed by atoms with van der Waals surface area (Å²) in [6, 6.07) is 0. The first-order chi connectivity index (χ1) is 12.5. The maximum Gasteiger partial charge on any atom is 0.303 e. The van der Waals surface area contributed by atoms with Crippen LogP contribution in [0.5, 0.6) is 0 Å². The Kier molecular flexibility index (Phi) is 16.6. The maximum absolute atomic E-state index is 10.4. The van der Waals surface area contributed by atoms with E-state index in [2.05, 4.69) is 12.2 Å². The lowest BCUT2D eigenvalue weighted by molar-refractivity contribution is -0.137. The molecule has 0 aromatic heterocycles. The van der Waals surface area contributed by atoms with Crippen LogP contribution in [0.15, 0.2) is 60.8 Å². The van der Waals surface area contributed by atoms with E-state index in [-0.39, 0.29) is 6.42 Å². The van der Waals surface area contributed by atoms with Crippen molar-refractivity contribution in [3.63, 3.8) is 0 Å². The lowest BCUT2D eigenvalue weighted by atomic mass is 10.1. The van der Waals surface area contributed by atoms with Gasteiger partial charge in [-0.2, -0.15) is 0 Å². The topological polar surface area (TPSA) is 77.8 Å². The van der Waals surface area contributed by atoms with Gasteiger partial charge in [0, 0.05) is 6.42 Å². The Morgan fingerprint density at radius 1 is 0.846 bits per heavy atom. The van der Waals surface area contributed by atoms with E-state index in [1.807, 2.05) is 36.5 Å². The van der Waals surface area contributed by atoms with E-state index < -0.39 is 18.2 Å². The third kappa shape index (κ3) is 20.1. The molecule has 146 valence electrons. The summed E-state index contributed by atoms with van der Waals surface area (Å²) in [5, 5.41) is 27.4. The number of rotatable bonds is 15. The van der Waals surface area contributed by atoms with Gasteiger partial charge in [0.25, 0.3) is 0 Å². The normalized spacial score (nSPS) is 15.2. The van der Waals surface area contributed by atoms with Gasteiger partial charge in [0.1, 0.15) is 0 Å². The van der Waals surface area contributed by atoms with Crippen LogP contribution in [0.1, 0.15) is 58.3 Å². The van der Waals surface area contributed by atoms with Crippen LogP contribution in [0, 0.1) is 0 Å². The first-order valence-corrected chi connectivity index (χ1v) is 9.40. The molecule has 2 atom stereocenters. The van der Waals surface area contributed by atoms with E-state index in [0.29, 0.717) is 6.42 Å². The van der Waals surface area contributed by atoms with Gasteiger partial charge in [0.15, 0.2) is 0 Å². The van der Waals surface area contributed by atoms with E-state index in [4.69, 9.17) is 10.2 Å². The van der Waals surface area contributed by atoms with E-state index in [9.17, 15) is 9.90 Å². The third-order valence-corrected chi connectivity index (χ3v) is 3.51. The van der Waals surface area contributed by atoms with Gasteiger partial charge in [-0.05, 0) is 45.4 Å². The molecule has 0 spiro atoms. The van der Waals surface area contributed by atoms with Gasteiger partial charge in [-0.1, -0.05) is 67.2 Å². The van der Waals surface area contributed by atoms with E-state index in [1.165, 1.54) is 0 Å². The minimum absolute atomic E-state index is 0.264. The van der Waals surface area contributed by atoms with Gasteiger partial charge in [0.05, 0.1) is 12.2 Å². The minimum Gasteiger partial charge on any atom is -0.481 e. The predicted octanol–water partition coefficient (Wildman–Crippen LogP) is 4.71. The molecule has 0 rings (SSSR count). The van der Waals surface area contributed by atoms with Crippen LogP contribution < -0.4 is 0 Å². The van der Waals surface area contributed by atoms with Crippen LogP contribution in [0.2, 0.25) is 0 Å². The van der Waals surface area contributed by atoms with E-state index in [1.54, 1.807) is 19.1 Å². The Morgan fingerprint density at radius 2 is 1.58 bits per heavy atom. The zero-order valence-corrected chi connectivity index (χ0v) is 15.8. The molecule has 0 fully saturated rings. The van der Waals surface area contributed by atoms with Gasteiger partial charge >= 0.3 is 5.97 Å². The summed E-state index contributed by atoms with van der Waals surface area (Å²) >= 11 is 0. The van der Waals surface area contributed by atoms with Crippen LogP contribution in [-0.2, 0) is 4.79 Å². The first-order valence-electron chi connectivity index (χ1n) is 9.40. The lowest BCUT2D eigenvalue weighted by Gasteiger charge is -1.98. The highest BCUT2D eigenvalue weighted by Crippen LogP contribution is 2.04. The molecule has 0 aliphatic carbocycles. The van der Waals surface area contributed by atoms with Crippen LogP contribution in [0.25, 0.3) is 0 Å². The Hall–Kier alpha value is -1.91. The second kappa shape index (κ2) is 17.9. The average molecular weight is 363 g/mol. The first kappa shape index (κ1) is 24.1. The monoisotopic (exact) mass is 362 g/mol. The number of allylic oxidation sites excluding steroid dienone is 7. The molecule has 0 bridgehead atoms. The zero-order valence-electron chi connectivity index (χ0n) is 15.8. The molecule has 0 aliphatic heterocycles. The molecule has 4 nitrogen and oxygen atoms in total. The number of unbranched alkanes of at least 4 members (excludes halogenated alkanes) is 3. The number of hydrogen-bond donors (Lipinski definition) is 3. The van der Waals surface area contributed by atoms with Gasteiger partial charge in [-0.15, -0.1) is 0 Å². The van der Waals surface area contributed by atoms with E-state index >= 15 is 0 Å². The molecule has 0 heterocycles. The Bertz CT molecular complexity index is 484. The quantitative estimate of drug-likeness (QED) is 0.224. The largest absolute Gasteiger partial charge is 0.481 e. The van der Waals surface area contributed by atoms with Crippen molar-refractivity contribution in [1.82, 2.24) is 0 Å². The summed E-state index contributed by atoms with van der Waals surface area (Å²) in [7, 11) is 0. The maximum atomic E-state index is 10.4. The van der Waals surface area contributed by atoms with Gasteiger partial charge in [-0.3, -0.25) is 4.79 Å². The lowest BCUT2D eigenvalue weighted by Crippen LogP contribution is -1.98. The summed E-state index contributed by atoms with van der Waals surface area (Å²) in [6.45, 7) is 1.71. The minimum atomic E-state index is -0.718. The molecular weight excluding hydrogens is 328 g/mol. The highest BCUT2D eigenvalue weighted by molar-refractivity contribution is 5.66. The fraction of sp³-hybridized carbons (Fsp3) is 0.500. The molecular formula is C22H34O4. The van der Waals surface area contributed by atoms with Gasteiger partial charge in [-0.25, -0.2) is 0 Å². The van der Waals surface area contributed by atoms with E-state index in [0.717, 1.165) is 38.5 Å².